The van der Waals surface area contributed by atoms with E-state index in [1.807, 2.05) is 19.2 Å². The largest absolute Gasteiger partial charge is 0.312 e. The molecule has 2 rings (SSSR count). The van der Waals surface area contributed by atoms with Gasteiger partial charge in [-0.15, -0.1) is 0 Å². The molecule has 0 saturated carbocycles. The lowest BCUT2D eigenvalue weighted by atomic mass is 10.0. The minimum Gasteiger partial charge on any atom is -0.312 e. The molecule has 0 spiro atoms. The first kappa shape index (κ1) is 15.8. The van der Waals surface area contributed by atoms with Crippen LogP contribution in [0.4, 0.5) is 0 Å². The average Bonchev–Trinajstić information content (AvgIpc) is 2.44. The average molecular weight is 336 g/mol. The maximum atomic E-state index is 6.15. The molecule has 1 nitrogen and oxygen atoms in total. The van der Waals surface area contributed by atoms with Crippen LogP contribution in [0.15, 0.2) is 18.2 Å². The predicted octanol–water partition coefficient (Wildman–Crippen LogP) is 4.88. The fourth-order valence-electron chi connectivity index (χ4n) is 2.47. The topological polar surface area (TPSA) is 12.0 Å². The summed E-state index contributed by atoms with van der Waals surface area (Å²) in [6.07, 6.45) is 1.21. The molecule has 0 amide bonds. The van der Waals surface area contributed by atoms with Crippen LogP contribution < -0.4 is 5.32 Å². The van der Waals surface area contributed by atoms with Crippen molar-refractivity contribution >= 4 is 46.7 Å². The Kier molecular flexibility index (Phi) is 6.22. The molecule has 1 aliphatic rings. The predicted molar refractivity (Wildman–Crippen MR) is 91.0 cm³/mol. The lowest BCUT2D eigenvalue weighted by molar-refractivity contribution is 0.544. The number of benzene rings is 1. The van der Waals surface area contributed by atoms with Crippen molar-refractivity contribution in [3.63, 3.8) is 0 Å². The minimum atomic E-state index is 0.331. The van der Waals surface area contributed by atoms with Crippen molar-refractivity contribution in [3.8, 4) is 0 Å². The van der Waals surface area contributed by atoms with Crippen molar-refractivity contribution in [2.24, 2.45) is 0 Å². The fraction of sp³-hybridized carbons (Fsp3) is 0.571. The highest BCUT2D eigenvalue weighted by Gasteiger charge is 2.32. The third kappa shape index (κ3) is 3.76. The summed E-state index contributed by atoms with van der Waals surface area (Å²) in [6, 6.07) is 6.31. The van der Waals surface area contributed by atoms with Crippen molar-refractivity contribution in [3.05, 3.63) is 33.8 Å². The molecule has 5 heteroatoms. The molecular weight excluding hydrogens is 317 g/mol. The molecule has 0 radical (unpaired) electrons. The van der Waals surface area contributed by atoms with E-state index in [0.717, 1.165) is 0 Å². The van der Waals surface area contributed by atoms with E-state index < -0.39 is 0 Å². The molecule has 0 aromatic heterocycles. The minimum absolute atomic E-state index is 0.331. The Morgan fingerprint density at radius 1 is 1.26 bits per heavy atom. The number of halogens is 2. The monoisotopic (exact) mass is 335 g/mol. The number of rotatable bonds is 4. The van der Waals surface area contributed by atoms with Gasteiger partial charge < -0.3 is 5.32 Å². The van der Waals surface area contributed by atoms with Gasteiger partial charge in [0.25, 0.3) is 0 Å². The second-order valence-electron chi connectivity index (χ2n) is 4.59. The summed E-state index contributed by atoms with van der Waals surface area (Å²) in [5.41, 5.74) is 1.23. The maximum absolute atomic E-state index is 6.15. The van der Waals surface area contributed by atoms with Crippen LogP contribution in [0.2, 0.25) is 10.0 Å². The smallest absolute Gasteiger partial charge is 0.0595 e. The zero-order valence-corrected chi connectivity index (χ0v) is 14.3. The summed E-state index contributed by atoms with van der Waals surface area (Å²) >= 11 is 16.3. The summed E-state index contributed by atoms with van der Waals surface area (Å²) < 4.78 is 0. The van der Waals surface area contributed by atoms with Crippen molar-refractivity contribution in [2.75, 3.05) is 18.6 Å². The van der Waals surface area contributed by atoms with Gasteiger partial charge >= 0.3 is 0 Å². The standard InChI is InChI=1S/C14H19Cl2NS2/c1-3-12-14(19-7-6-18-12)13(17-2)9-4-5-10(15)11(16)8-9/h4-5,8,12-14,17H,3,6-7H2,1-2H3. The van der Waals surface area contributed by atoms with Crippen LogP contribution in [0.5, 0.6) is 0 Å². The quantitative estimate of drug-likeness (QED) is 0.841. The van der Waals surface area contributed by atoms with Gasteiger partial charge in [-0.05, 0) is 31.2 Å². The van der Waals surface area contributed by atoms with Gasteiger partial charge in [0.15, 0.2) is 0 Å². The van der Waals surface area contributed by atoms with E-state index in [9.17, 15) is 0 Å². The Balaban J connectivity index is 2.24. The van der Waals surface area contributed by atoms with Crippen LogP contribution in [0.3, 0.4) is 0 Å². The van der Waals surface area contributed by atoms with E-state index in [1.165, 1.54) is 23.5 Å². The molecule has 3 unspecified atom stereocenters. The number of hydrogen-bond acceptors (Lipinski definition) is 3. The third-order valence-electron chi connectivity index (χ3n) is 3.44. The Morgan fingerprint density at radius 3 is 2.63 bits per heavy atom. The normalized spacial score (nSPS) is 25.3. The van der Waals surface area contributed by atoms with Crippen LogP contribution >= 0.6 is 46.7 Å². The second kappa shape index (κ2) is 7.46. The Labute approximate surface area is 134 Å². The van der Waals surface area contributed by atoms with Crippen molar-refractivity contribution in [2.45, 2.75) is 29.9 Å². The molecule has 0 aliphatic carbocycles. The zero-order chi connectivity index (χ0) is 13.8. The molecular formula is C14H19Cl2NS2. The lowest BCUT2D eigenvalue weighted by Crippen LogP contribution is -2.37. The van der Waals surface area contributed by atoms with Crippen molar-refractivity contribution < 1.29 is 0 Å². The van der Waals surface area contributed by atoms with Gasteiger partial charge in [-0.3, -0.25) is 0 Å². The van der Waals surface area contributed by atoms with E-state index in [2.05, 4.69) is 41.8 Å². The van der Waals surface area contributed by atoms with E-state index >= 15 is 0 Å². The van der Waals surface area contributed by atoms with Gasteiger partial charge in [0.05, 0.1) is 10.0 Å². The Bertz CT molecular complexity index is 428. The number of thioether (sulfide) groups is 2. The van der Waals surface area contributed by atoms with Gasteiger partial charge in [0.1, 0.15) is 0 Å². The highest BCUT2D eigenvalue weighted by Crippen LogP contribution is 2.40. The molecule has 1 aliphatic heterocycles. The van der Waals surface area contributed by atoms with Crippen molar-refractivity contribution in [1.82, 2.24) is 5.32 Å². The van der Waals surface area contributed by atoms with E-state index in [-0.39, 0.29) is 0 Å². The Morgan fingerprint density at radius 2 is 2.00 bits per heavy atom. The summed E-state index contributed by atoms with van der Waals surface area (Å²) in [4.78, 5) is 0. The fourth-order valence-corrected chi connectivity index (χ4v) is 6.07. The molecule has 106 valence electrons. The number of nitrogens with one attached hydrogen (secondary N) is 1. The van der Waals surface area contributed by atoms with E-state index in [0.29, 0.717) is 26.6 Å². The molecule has 19 heavy (non-hydrogen) atoms. The molecule has 1 aromatic rings. The molecule has 1 saturated heterocycles. The van der Waals surface area contributed by atoms with E-state index in [1.54, 1.807) is 0 Å². The molecule has 1 fully saturated rings. The molecule has 0 bridgehead atoms. The van der Waals surface area contributed by atoms with E-state index in [4.69, 9.17) is 23.2 Å². The van der Waals surface area contributed by atoms with Gasteiger partial charge in [-0.2, -0.15) is 23.5 Å². The highest BCUT2D eigenvalue weighted by atomic mass is 35.5. The first-order valence-corrected chi connectivity index (χ1v) is 9.38. The SMILES string of the molecule is CCC1SCCSC1C(NC)c1ccc(Cl)c(Cl)c1. The maximum Gasteiger partial charge on any atom is 0.0595 e. The first-order chi connectivity index (χ1) is 9.17. The van der Waals surface area contributed by atoms with Crippen LogP contribution in [-0.2, 0) is 0 Å². The van der Waals surface area contributed by atoms with Gasteiger partial charge in [0.2, 0.25) is 0 Å². The summed E-state index contributed by atoms with van der Waals surface area (Å²) in [7, 11) is 2.03. The second-order valence-corrected chi connectivity index (χ2v) is 8.04. The molecule has 1 N–H and O–H groups in total. The summed E-state index contributed by atoms with van der Waals surface area (Å²) in [5, 5.41) is 6.01. The lowest BCUT2D eigenvalue weighted by Gasteiger charge is -2.36. The zero-order valence-electron chi connectivity index (χ0n) is 11.2. The molecule has 1 heterocycles. The van der Waals surface area contributed by atoms with Gasteiger partial charge in [-0.25, -0.2) is 0 Å². The van der Waals surface area contributed by atoms with Gasteiger partial charge in [-0.1, -0.05) is 36.2 Å². The summed E-state index contributed by atoms with van der Waals surface area (Å²) in [5.74, 6) is 2.49. The van der Waals surface area contributed by atoms with Crippen LogP contribution in [-0.4, -0.2) is 29.1 Å². The van der Waals surface area contributed by atoms with Crippen LogP contribution in [0.25, 0.3) is 0 Å². The number of hydrogen-bond donors (Lipinski definition) is 1. The molecule has 1 aromatic carbocycles. The van der Waals surface area contributed by atoms with Crippen molar-refractivity contribution in [1.29, 1.82) is 0 Å². The first-order valence-electron chi connectivity index (χ1n) is 6.52. The third-order valence-corrected chi connectivity index (χ3v) is 7.53. The molecule has 3 atom stereocenters. The highest BCUT2D eigenvalue weighted by molar-refractivity contribution is 8.07. The van der Waals surface area contributed by atoms with Gasteiger partial charge in [0, 0.05) is 28.0 Å². The summed E-state index contributed by atoms with van der Waals surface area (Å²) in [6.45, 7) is 2.28. The van der Waals surface area contributed by atoms with Crippen LogP contribution in [0.1, 0.15) is 24.9 Å². The Hall–Kier alpha value is 0.460. The van der Waals surface area contributed by atoms with Crippen LogP contribution in [0, 0.1) is 0 Å².